The van der Waals surface area contributed by atoms with E-state index in [-0.39, 0.29) is 37.5 Å². The van der Waals surface area contributed by atoms with Crippen molar-refractivity contribution in [3.8, 4) is 5.88 Å². The monoisotopic (exact) mass is 716 g/mol. The number of hydrogen-bond donors (Lipinski definition) is 13. The lowest BCUT2D eigenvalue weighted by Crippen LogP contribution is -2.25. The molecule has 0 atom stereocenters. The maximum atomic E-state index is 11.0. The van der Waals surface area contributed by atoms with E-state index < -0.39 is 39.4 Å². The number of hydrogen-bond acceptors (Lipinski definition) is 14. The first kappa shape index (κ1) is 44.5. The number of halogens is 1. The number of aliphatic hydroxyl groups is 1. The van der Waals surface area contributed by atoms with Gasteiger partial charge in [0.2, 0.25) is 6.41 Å². The molecule has 0 fully saturated rings. The van der Waals surface area contributed by atoms with Gasteiger partial charge in [-0.1, -0.05) is 0 Å². The van der Waals surface area contributed by atoms with E-state index in [1.54, 1.807) is 0 Å². The molecule has 0 unspecified atom stereocenters. The summed E-state index contributed by atoms with van der Waals surface area (Å²) in [4.78, 5) is 112. The quantitative estimate of drug-likeness (QED) is 0.0606. The number of fused-ring (bicyclic) bond motifs is 1. The van der Waals surface area contributed by atoms with Crippen molar-refractivity contribution in [2.75, 3.05) is 7.11 Å². The van der Waals surface area contributed by atoms with Crippen LogP contribution in [0.15, 0.2) is 70.4 Å². The molecule has 16 N–H and O–H groups in total. The van der Waals surface area contributed by atoms with Crippen molar-refractivity contribution in [3.63, 3.8) is 0 Å². The van der Waals surface area contributed by atoms with Gasteiger partial charge in [-0.3, -0.25) is 48.3 Å². The van der Waals surface area contributed by atoms with Crippen LogP contribution in [0.2, 0.25) is 0 Å². The van der Waals surface area contributed by atoms with Crippen LogP contribution in [0, 0.1) is 0 Å². The Kier molecular flexibility index (Phi) is 22.3. The van der Waals surface area contributed by atoms with E-state index >= 15 is 0 Å². The van der Waals surface area contributed by atoms with E-state index in [0.29, 0.717) is 29.0 Å². The summed E-state index contributed by atoms with van der Waals surface area (Å²) in [5.41, 5.74) is 3.62. The number of carbonyl (C=O) groups is 2. The maximum Gasteiger partial charge on any atom is 0.334 e. The molecule has 5 aromatic rings. The van der Waals surface area contributed by atoms with Gasteiger partial charge < -0.3 is 47.5 Å². The minimum Gasteiger partial charge on any atom is -0.494 e. The maximum absolute atomic E-state index is 11.0. The van der Waals surface area contributed by atoms with Gasteiger partial charge >= 0.3 is 22.8 Å². The first-order chi connectivity index (χ1) is 22.8. The van der Waals surface area contributed by atoms with E-state index in [1.165, 1.54) is 41.2 Å². The smallest absolute Gasteiger partial charge is 0.334 e. The van der Waals surface area contributed by atoms with Gasteiger partial charge in [0, 0.05) is 55.0 Å². The van der Waals surface area contributed by atoms with Crippen LogP contribution in [0.4, 0.5) is 0 Å². The summed E-state index contributed by atoms with van der Waals surface area (Å²) in [5.74, 6) is -0.0119. The second kappa shape index (κ2) is 24.6. The highest BCUT2D eigenvalue weighted by atomic mass is 35.5. The summed E-state index contributed by atoms with van der Waals surface area (Å²) >= 11 is 5.35. The van der Waals surface area contributed by atoms with Crippen LogP contribution in [-0.4, -0.2) is 79.6 Å². The zero-order chi connectivity index (χ0) is 36.6. The Balaban J connectivity index is 0. The number of nitrogens with two attached hydrogens (primary N) is 1. The predicted molar refractivity (Wildman–Crippen MR) is 173 cm³/mol. The van der Waals surface area contributed by atoms with Gasteiger partial charge in [-0.25, -0.2) is 24.2 Å². The number of nitrogens with zero attached hydrogens (tertiary/aromatic N) is 2. The number of H-pyrrole nitrogens is 7. The van der Waals surface area contributed by atoms with Crippen molar-refractivity contribution < 1.29 is 24.9 Å². The molecule has 0 aromatic carbocycles. The third-order valence-corrected chi connectivity index (χ3v) is 4.88. The Hall–Kier alpha value is -6.63. The van der Waals surface area contributed by atoms with Crippen LogP contribution in [0.1, 0.15) is 17.1 Å². The average Bonchev–Trinajstić information content (AvgIpc) is 3.50. The summed E-state index contributed by atoms with van der Waals surface area (Å²) < 4.78 is 1.31. The Bertz CT molecular complexity index is 1970. The van der Waals surface area contributed by atoms with Gasteiger partial charge in [-0.05, 0) is 0 Å². The molecule has 0 aliphatic rings. The predicted octanol–water partition coefficient (Wildman–Crippen LogP) is -4.17. The highest BCUT2D eigenvalue weighted by Gasteiger charge is 1.98. The summed E-state index contributed by atoms with van der Waals surface area (Å²) in [6.45, 7) is 0.0574. The van der Waals surface area contributed by atoms with E-state index in [1.807, 2.05) is 15.0 Å². The van der Waals surface area contributed by atoms with Crippen LogP contribution in [0.25, 0.3) is 5.52 Å². The van der Waals surface area contributed by atoms with E-state index in [0.717, 1.165) is 7.11 Å². The highest BCUT2D eigenvalue weighted by Crippen LogP contribution is 2.04. The SMILES string of the molecule is CO.N.NCc1cc(=O)[nH]c(=O)[nH]1.O=CNCc1cc(=O)[nH]c(=O)[nH]1.O=CO.O=c1[nH]c(O)cc2cncn12.O=c1cc(CCl)[nH]c(=O)[nH]1. The van der Waals surface area contributed by atoms with Crippen LogP contribution < -0.4 is 56.6 Å². The molecular formula is C24H33ClN12O12. The number of aromatic amines is 7. The number of alkyl halides is 1. The summed E-state index contributed by atoms with van der Waals surface area (Å²) in [6, 6.07) is 5.13. The number of aromatic hydroxyl groups is 1. The first-order valence-electron chi connectivity index (χ1n) is 12.5. The van der Waals surface area contributed by atoms with Crippen molar-refractivity contribution in [1.29, 1.82) is 0 Å². The Morgan fingerprint density at radius 3 is 1.69 bits per heavy atom. The number of amides is 1. The van der Waals surface area contributed by atoms with E-state index in [4.69, 9.17) is 37.4 Å². The molecule has 5 aromatic heterocycles. The number of carbonyl (C=O) groups excluding carboxylic acids is 1. The lowest BCUT2D eigenvalue weighted by molar-refractivity contribution is -0.122. The molecule has 0 spiro atoms. The number of nitrogens with one attached hydrogen (secondary N) is 8. The Morgan fingerprint density at radius 2 is 1.24 bits per heavy atom. The molecule has 0 aliphatic heterocycles. The van der Waals surface area contributed by atoms with Gasteiger partial charge in [0.25, 0.3) is 23.2 Å². The number of carboxylic acid groups (broad SMARTS) is 1. The summed E-state index contributed by atoms with van der Waals surface area (Å²) in [7, 11) is 1.00. The summed E-state index contributed by atoms with van der Waals surface area (Å²) in [5, 5.41) is 25.1. The second-order valence-electron chi connectivity index (χ2n) is 7.93. The van der Waals surface area contributed by atoms with Crippen LogP contribution in [-0.2, 0) is 28.6 Å². The average molecular weight is 717 g/mol. The van der Waals surface area contributed by atoms with Crippen molar-refractivity contribution in [2.45, 2.75) is 19.0 Å². The first-order valence-corrected chi connectivity index (χ1v) is 13.1. The van der Waals surface area contributed by atoms with E-state index in [9.17, 15) is 38.4 Å². The fourth-order valence-corrected chi connectivity index (χ4v) is 3.06. The van der Waals surface area contributed by atoms with Crippen LogP contribution >= 0.6 is 11.6 Å². The molecule has 5 heterocycles. The van der Waals surface area contributed by atoms with E-state index in [2.05, 4.69) is 30.2 Å². The molecule has 0 bridgehead atoms. The lowest BCUT2D eigenvalue weighted by Gasteiger charge is -1.96. The highest BCUT2D eigenvalue weighted by molar-refractivity contribution is 6.16. The second-order valence-corrected chi connectivity index (χ2v) is 8.20. The fraction of sp³-hybridized carbons (Fsp3) is 0.167. The Labute approximate surface area is 275 Å². The van der Waals surface area contributed by atoms with Gasteiger partial charge in [0.1, 0.15) is 6.33 Å². The molecule has 0 radical (unpaired) electrons. The summed E-state index contributed by atoms with van der Waals surface area (Å²) in [6.07, 6.45) is 3.36. The van der Waals surface area contributed by atoms with Gasteiger partial charge in [0.05, 0.1) is 24.1 Å². The normalized spacial score (nSPS) is 8.98. The number of aromatic nitrogens is 9. The third-order valence-electron chi connectivity index (χ3n) is 4.59. The third kappa shape index (κ3) is 18.2. The molecule has 49 heavy (non-hydrogen) atoms. The topological polar surface area (TPSA) is 415 Å². The minimum atomic E-state index is -0.579. The van der Waals surface area contributed by atoms with Crippen molar-refractivity contribution in [3.05, 3.63) is 127 Å². The zero-order valence-corrected chi connectivity index (χ0v) is 26.1. The van der Waals surface area contributed by atoms with Crippen LogP contribution in [0.5, 0.6) is 5.88 Å². The molecule has 25 heteroatoms. The van der Waals surface area contributed by atoms with Crippen LogP contribution in [0.3, 0.4) is 0 Å². The fourth-order valence-electron chi connectivity index (χ4n) is 2.91. The Morgan fingerprint density at radius 1 is 0.796 bits per heavy atom. The molecular weight excluding hydrogens is 684 g/mol. The molecule has 1 amide bonds. The van der Waals surface area contributed by atoms with Crippen molar-refractivity contribution in [2.24, 2.45) is 5.73 Å². The van der Waals surface area contributed by atoms with Gasteiger partial charge in [-0.2, -0.15) is 0 Å². The zero-order valence-electron chi connectivity index (χ0n) is 25.3. The largest absolute Gasteiger partial charge is 0.494 e. The standard InChI is InChI=1S/C6H7N3O3.C6H5N3O2.C5H5ClN2O2.C5H7N3O2.CH2O2.CH4O.H3N/c10-3-7-2-4-1-5(11)9-6(12)8-4;10-5-1-4-2-7-3-9(4)6(11)8-5;2*6-2-3-1-4(9)8-5(10)7-3;2-1-3;1-2;/h1,3H,2H2,(H,7,10)(H2,8,9,11,12);1-3,10H,(H,8,11);1H,2H2,(H2,7,8,9,10);1H,2,6H2,(H2,7,8,9,10);1H,(H,2,3);2H,1H3;1H3. The number of aliphatic hydroxyl groups excluding tert-OH is 1. The lowest BCUT2D eigenvalue weighted by atomic mass is 10.4. The molecule has 0 saturated heterocycles. The molecule has 0 saturated carbocycles. The molecule has 5 rings (SSSR count). The molecule has 0 aliphatic carbocycles. The minimum absolute atomic E-state index is 0. The van der Waals surface area contributed by atoms with Crippen molar-refractivity contribution in [1.82, 2.24) is 55.7 Å². The number of imidazole rings is 1. The molecule has 268 valence electrons. The van der Waals surface area contributed by atoms with Gasteiger partial charge in [0.15, 0.2) is 5.88 Å². The van der Waals surface area contributed by atoms with Crippen molar-refractivity contribution >= 4 is 30.0 Å². The number of rotatable bonds is 5. The molecule has 24 nitrogen and oxygen atoms in total. The van der Waals surface area contributed by atoms with Gasteiger partial charge in [-0.15, -0.1) is 11.6 Å².